The van der Waals surface area contributed by atoms with Crippen molar-refractivity contribution in [2.75, 3.05) is 56.2 Å². The average molecular weight is 541 g/mol. The quantitative estimate of drug-likeness (QED) is 0.331. The minimum Gasteiger partial charge on any atom is -0.476 e. The van der Waals surface area contributed by atoms with Crippen LogP contribution in [0, 0.1) is 6.92 Å². The lowest BCUT2D eigenvalue weighted by Gasteiger charge is -2.34. The Labute approximate surface area is 234 Å². The van der Waals surface area contributed by atoms with Gasteiger partial charge in [-0.2, -0.15) is 0 Å². The fourth-order valence-corrected chi connectivity index (χ4v) is 5.62. The molecule has 9 heteroatoms. The number of anilines is 3. The van der Waals surface area contributed by atoms with Crippen LogP contribution in [0.25, 0.3) is 22.2 Å². The number of likely N-dealkylation sites (tertiary alicyclic amines) is 1. The highest BCUT2D eigenvalue weighted by Gasteiger charge is 2.19. The third-order valence-corrected chi connectivity index (χ3v) is 7.64. The highest BCUT2D eigenvalue weighted by Crippen LogP contribution is 2.30. The van der Waals surface area contributed by atoms with Gasteiger partial charge in [-0.25, -0.2) is 9.97 Å². The Bertz CT molecular complexity index is 1550. The summed E-state index contributed by atoms with van der Waals surface area (Å²) >= 11 is 0. The van der Waals surface area contributed by atoms with Crippen molar-refractivity contribution in [2.45, 2.75) is 32.8 Å². The summed E-state index contributed by atoms with van der Waals surface area (Å²) < 4.78 is 11.7. The minimum absolute atomic E-state index is 0.193. The summed E-state index contributed by atoms with van der Waals surface area (Å²) in [6.07, 6.45) is 4.39. The monoisotopic (exact) mass is 540 g/mol. The van der Waals surface area contributed by atoms with E-state index < -0.39 is 0 Å². The molecular formula is C31H36N6O3. The lowest BCUT2D eigenvalue weighted by Crippen LogP contribution is -2.41. The number of rotatable bonds is 8. The highest BCUT2D eigenvalue weighted by atomic mass is 16.5. The van der Waals surface area contributed by atoms with Gasteiger partial charge in [-0.05, 0) is 87.1 Å². The molecule has 9 nitrogen and oxygen atoms in total. The van der Waals surface area contributed by atoms with E-state index in [-0.39, 0.29) is 11.7 Å². The van der Waals surface area contributed by atoms with Crippen molar-refractivity contribution >= 4 is 28.0 Å². The first-order valence-corrected chi connectivity index (χ1v) is 14.1. The molecule has 4 aromatic rings. The molecule has 2 aliphatic rings. The Morgan fingerprint density at radius 2 is 1.95 bits per heavy atom. The van der Waals surface area contributed by atoms with Gasteiger partial charge in [0.2, 0.25) is 5.88 Å². The number of nitrogens with one attached hydrogen (secondary N) is 2. The number of aromatic nitrogens is 3. The summed E-state index contributed by atoms with van der Waals surface area (Å²) in [5, 5.41) is 4.71. The molecule has 0 aliphatic carbocycles. The van der Waals surface area contributed by atoms with Crippen LogP contribution in [0.1, 0.15) is 25.3 Å². The molecule has 2 N–H and O–H groups in total. The second-order valence-electron chi connectivity index (χ2n) is 10.6. The third-order valence-electron chi connectivity index (χ3n) is 7.64. The van der Waals surface area contributed by atoms with E-state index in [2.05, 4.69) is 46.1 Å². The maximum absolute atomic E-state index is 12.9. The number of hydrogen-bond donors (Lipinski definition) is 2. The van der Waals surface area contributed by atoms with Gasteiger partial charge in [0.05, 0.1) is 29.5 Å². The maximum atomic E-state index is 12.9. The largest absolute Gasteiger partial charge is 0.476 e. The van der Waals surface area contributed by atoms with Crippen LogP contribution in [0.15, 0.2) is 59.5 Å². The highest BCUT2D eigenvalue weighted by molar-refractivity contribution is 5.95. The van der Waals surface area contributed by atoms with Crippen LogP contribution in [-0.4, -0.2) is 71.9 Å². The van der Waals surface area contributed by atoms with Crippen LogP contribution >= 0.6 is 0 Å². The van der Waals surface area contributed by atoms with E-state index in [1.807, 2.05) is 36.4 Å². The summed E-state index contributed by atoms with van der Waals surface area (Å²) in [5.74, 6) is 1.06. The first kappa shape index (κ1) is 26.3. The van der Waals surface area contributed by atoms with E-state index in [1.165, 1.54) is 18.5 Å². The summed E-state index contributed by atoms with van der Waals surface area (Å²) in [7, 11) is 0. The van der Waals surface area contributed by atoms with E-state index in [0.29, 0.717) is 35.1 Å². The summed E-state index contributed by atoms with van der Waals surface area (Å²) in [5.41, 5.74) is 4.37. The van der Waals surface area contributed by atoms with Gasteiger partial charge in [-0.3, -0.25) is 9.69 Å². The molecule has 208 valence electrons. The van der Waals surface area contributed by atoms with Gasteiger partial charge in [0.15, 0.2) is 0 Å². The molecule has 2 aliphatic heterocycles. The number of pyridine rings is 3. The van der Waals surface area contributed by atoms with Gasteiger partial charge in [-0.15, -0.1) is 0 Å². The third kappa shape index (κ3) is 5.80. The number of aromatic amines is 1. The van der Waals surface area contributed by atoms with Crippen LogP contribution in [0.4, 0.5) is 17.2 Å². The van der Waals surface area contributed by atoms with E-state index in [9.17, 15) is 4.79 Å². The number of H-pyrrole nitrogens is 1. The summed E-state index contributed by atoms with van der Waals surface area (Å²) in [6, 6.07) is 15.8. The van der Waals surface area contributed by atoms with Crippen molar-refractivity contribution in [3.63, 3.8) is 0 Å². The number of benzene rings is 1. The Balaban J connectivity index is 1.27. The van der Waals surface area contributed by atoms with Crippen LogP contribution in [0.2, 0.25) is 0 Å². The van der Waals surface area contributed by atoms with E-state index in [1.54, 1.807) is 6.20 Å². The topological polar surface area (TPSA) is 95.6 Å². The van der Waals surface area contributed by atoms with Gasteiger partial charge >= 0.3 is 0 Å². The molecule has 0 spiro atoms. The molecule has 1 atom stereocenters. The summed E-state index contributed by atoms with van der Waals surface area (Å²) in [6.45, 7) is 10.5. The van der Waals surface area contributed by atoms with Gasteiger partial charge < -0.3 is 24.7 Å². The molecule has 0 unspecified atom stereocenters. The molecule has 0 saturated carbocycles. The first-order valence-electron chi connectivity index (χ1n) is 14.1. The maximum Gasteiger partial charge on any atom is 0.259 e. The average Bonchev–Trinajstić information content (AvgIpc) is 3.47. The van der Waals surface area contributed by atoms with Crippen LogP contribution in [0.5, 0.6) is 5.88 Å². The number of hydrogen-bond acceptors (Lipinski definition) is 8. The second-order valence-corrected chi connectivity index (χ2v) is 10.6. The molecule has 2 saturated heterocycles. The van der Waals surface area contributed by atoms with Crippen molar-refractivity contribution in [1.29, 1.82) is 0 Å². The van der Waals surface area contributed by atoms with Crippen LogP contribution < -0.4 is 20.5 Å². The van der Waals surface area contributed by atoms with E-state index in [0.717, 1.165) is 56.0 Å². The fourth-order valence-electron chi connectivity index (χ4n) is 5.62. The Morgan fingerprint density at radius 1 is 1.07 bits per heavy atom. The molecule has 0 radical (unpaired) electrons. The molecule has 2 fully saturated rings. The minimum atomic E-state index is -0.193. The molecule has 0 amide bonds. The van der Waals surface area contributed by atoms with Crippen molar-refractivity contribution < 1.29 is 9.47 Å². The molecule has 40 heavy (non-hydrogen) atoms. The van der Waals surface area contributed by atoms with Crippen molar-refractivity contribution in [3.05, 3.63) is 70.6 Å². The predicted octanol–water partition coefficient (Wildman–Crippen LogP) is 4.74. The number of morpholine rings is 1. The standard InChI is InChI=1S/C31H36N6O3/c1-21-18-24(8-9-27(21)37-15-17-39-22(2)20-37)33-30-29-23(10-11-32-31(29)38)19-26(35-30)25-6-5-7-28(34-25)40-16-14-36-12-3-4-13-36/h5-11,18-19,22H,3-4,12-17,20H2,1-2H3,(H,32,38)(H,33,35)/t22-/m1/s1. The first-order chi connectivity index (χ1) is 19.5. The summed E-state index contributed by atoms with van der Waals surface area (Å²) in [4.78, 5) is 30.1. The second kappa shape index (κ2) is 11.7. The predicted molar refractivity (Wildman–Crippen MR) is 159 cm³/mol. The Kier molecular flexibility index (Phi) is 7.66. The number of ether oxygens (including phenoxy) is 2. The number of aryl methyl sites for hydroxylation is 1. The van der Waals surface area contributed by atoms with Gasteiger partial charge in [0, 0.05) is 43.3 Å². The normalized spacial score (nSPS) is 17.9. The lowest BCUT2D eigenvalue weighted by molar-refractivity contribution is 0.0532. The van der Waals surface area contributed by atoms with Crippen molar-refractivity contribution in [1.82, 2.24) is 19.9 Å². The number of nitrogens with zero attached hydrogens (tertiary/aromatic N) is 4. The molecule has 5 heterocycles. The van der Waals surface area contributed by atoms with E-state index >= 15 is 0 Å². The Hall–Kier alpha value is -3.95. The lowest BCUT2D eigenvalue weighted by atomic mass is 10.1. The fraction of sp³-hybridized carbons (Fsp3) is 0.387. The van der Waals surface area contributed by atoms with Gasteiger partial charge in [0.25, 0.3) is 5.56 Å². The zero-order chi connectivity index (χ0) is 27.5. The molecule has 1 aromatic carbocycles. The molecular weight excluding hydrogens is 504 g/mol. The Morgan fingerprint density at radius 3 is 2.77 bits per heavy atom. The zero-order valence-electron chi connectivity index (χ0n) is 23.2. The van der Waals surface area contributed by atoms with Crippen LogP contribution in [0.3, 0.4) is 0 Å². The van der Waals surface area contributed by atoms with Crippen LogP contribution in [-0.2, 0) is 4.74 Å². The van der Waals surface area contributed by atoms with Crippen molar-refractivity contribution in [2.24, 2.45) is 0 Å². The smallest absolute Gasteiger partial charge is 0.259 e. The molecule has 3 aromatic heterocycles. The number of fused-ring (bicyclic) bond motifs is 1. The van der Waals surface area contributed by atoms with E-state index in [4.69, 9.17) is 19.4 Å². The van der Waals surface area contributed by atoms with Crippen molar-refractivity contribution in [3.8, 4) is 17.3 Å². The molecule has 6 rings (SSSR count). The van der Waals surface area contributed by atoms with Gasteiger partial charge in [0.1, 0.15) is 12.4 Å². The van der Waals surface area contributed by atoms with Gasteiger partial charge in [-0.1, -0.05) is 6.07 Å². The SMILES string of the molecule is Cc1cc(Nc2nc(-c3cccc(OCCN4CCCC4)n3)cc3cc[nH]c(=O)c23)ccc1N1CCO[C@H](C)C1. The zero-order valence-corrected chi connectivity index (χ0v) is 23.2. The molecule has 0 bridgehead atoms.